The summed E-state index contributed by atoms with van der Waals surface area (Å²) in [6, 6.07) is 8.86. The van der Waals surface area contributed by atoms with Crippen molar-refractivity contribution >= 4 is 33.3 Å². The Bertz CT molecular complexity index is 643. The van der Waals surface area contributed by atoms with Crippen LogP contribution in [0.15, 0.2) is 40.9 Å². The predicted octanol–water partition coefficient (Wildman–Crippen LogP) is 4.48. The molecule has 19 heavy (non-hydrogen) atoms. The molecule has 0 atom stereocenters. The fourth-order valence-corrected chi connectivity index (χ4v) is 2.20. The molecule has 0 radical (unpaired) electrons. The van der Waals surface area contributed by atoms with Crippen LogP contribution in [0.5, 0.6) is 5.75 Å². The Morgan fingerprint density at radius 2 is 2.00 bits per heavy atom. The Balaban J connectivity index is 2.49. The highest BCUT2D eigenvalue weighted by Crippen LogP contribution is 2.26. The summed E-state index contributed by atoms with van der Waals surface area (Å²) in [5.41, 5.74) is 0.697. The summed E-state index contributed by atoms with van der Waals surface area (Å²) in [6.07, 6.45) is 0. The van der Waals surface area contributed by atoms with Gasteiger partial charge in [-0.05, 0) is 52.3 Å². The second kappa shape index (κ2) is 5.72. The van der Waals surface area contributed by atoms with E-state index in [2.05, 4.69) is 15.9 Å². The number of carbonyl (C=O) groups is 1. The van der Waals surface area contributed by atoms with Crippen molar-refractivity contribution < 1.29 is 13.9 Å². The van der Waals surface area contributed by atoms with Crippen molar-refractivity contribution in [3.8, 4) is 5.75 Å². The van der Waals surface area contributed by atoms with E-state index in [-0.39, 0.29) is 10.3 Å². The Morgan fingerprint density at radius 3 is 2.63 bits per heavy atom. The third-order valence-corrected chi connectivity index (χ3v) is 3.43. The van der Waals surface area contributed by atoms with E-state index in [0.29, 0.717) is 21.9 Å². The smallest absolute Gasteiger partial charge is 0.196 e. The Morgan fingerprint density at radius 1 is 1.26 bits per heavy atom. The van der Waals surface area contributed by atoms with Gasteiger partial charge in [0.25, 0.3) is 0 Å². The average molecular weight is 344 g/mol. The van der Waals surface area contributed by atoms with Gasteiger partial charge in [-0.1, -0.05) is 11.6 Å². The number of benzene rings is 2. The van der Waals surface area contributed by atoms with Crippen LogP contribution in [-0.4, -0.2) is 12.9 Å². The van der Waals surface area contributed by atoms with E-state index >= 15 is 0 Å². The molecule has 0 fully saturated rings. The minimum atomic E-state index is -0.422. The summed E-state index contributed by atoms with van der Waals surface area (Å²) < 4.78 is 18.5. The number of ether oxygens (including phenoxy) is 1. The highest BCUT2D eigenvalue weighted by Gasteiger charge is 2.16. The summed E-state index contributed by atoms with van der Waals surface area (Å²) in [4.78, 5) is 12.4. The first kappa shape index (κ1) is 14.0. The monoisotopic (exact) mass is 342 g/mol. The molecule has 0 amide bonds. The van der Waals surface area contributed by atoms with Crippen LogP contribution in [0.25, 0.3) is 0 Å². The van der Waals surface area contributed by atoms with Crippen LogP contribution in [0, 0.1) is 5.82 Å². The number of rotatable bonds is 3. The molecule has 2 nitrogen and oxygen atoms in total. The maximum atomic E-state index is 13.2. The minimum Gasteiger partial charge on any atom is -0.496 e. The molecule has 0 saturated heterocycles. The molecule has 98 valence electrons. The quantitative estimate of drug-likeness (QED) is 0.768. The van der Waals surface area contributed by atoms with E-state index in [4.69, 9.17) is 16.3 Å². The van der Waals surface area contributed by atoms with Crippen molar-refractivity contribution in [2.24, 2.45) is 0 Å². The topological polar surface area (TPSA) is 26.3 Å². The molecule has 2 aromatic rings. The predicted molar refractivity (Wildman–Crippen MR) is 75.5 cm³/mol. The number of hydrogen-bond acceptors (Lipinski definition) is 2. The lowest BCUT2D eigenvalue weighted by Gasteiger charge is -2.08. The zero-order valence-corrected chi connectivity index (χ0v) is 12.3. The summed E-state index contributed by atoms with van der Waals surface area (Å²) in [7, 11) is 1.47. The third kappa shape index (κ3) is 2.96. The lowest BCUT2D eigenvalue weighted by atomic mass is 10.0. The van der Waals surface area contributed by atoms with Crippen LogP contribution in [-0.2, 0) is 0 Å². The van der Waals surface area contributed by atoms with Gasteiger partial charge in [0.1, 0.15) is 11.6 Å². The fraction of sp³-hybridized carbons (Fsp3) is 0.0714. The Kier molecular flexibility index (Phi) is 4.22. The first-order valence-electron chi connectivity index (χ1n) is 5.36. The van der Waals surface area contributed by atoms with Gasteiger partial charge < -0.3 is 4.74 Å². The van der Waals surface area contributed by atoms with Gasteiger partial charge in [-0.15, -0.1) is 0 Å². The maximum Gasteiger partial charge on any atom is 0.196 e. The number of carbonyl (C=O) groups excluding carboxylic acids is 1. The molecule has 0 heterocycles. The number of methoxy groups -OCH3 is 1. The van der Waals surface area contributed by atoms with Crippen molar-refractivity contribution in [3.63, 3.8) is 0 Å². The van der Waals surface area contributed by atoms with Crippen LogP contribution in [0.3, 0.4) is 0 Å². The summed E-state index contributed by atoms with van der Waals surface area (Å²) in [6.45, 7) is 0. The Hall–Kier alpha value is -1.39. The summed E-state index contributed by atoms with van der Waals surface area (Å²) in [5, 5.41) is 0.435. The van der Waals surface area contributed by atoms with Crippen LogP contribution in [0.1, 0.15) is 15.9 Å². The molecule has 0 N–H and O–H groups in total. The normalized spacial score (nSPS) is 10.3. The van der Waals surface area contributed by atoms with Gasteiger partial charge in [-0.2, -0.15) is 0 Å². The standard InChI is InChI=1S/C14H9BrClFO2/c1-19-13-5-3-9(16)7-10(13)14(18)8-2-4-12(17)11(15)6-8/h2-7H,1H3. The summed E-state index contributed by atoms with van der Waals surface area (Å²) in [5.74, 6) is -0.274. The van der Waals surface area contributed by atoms with Crippen molar-refractivity contribution in [3.05, 3.63) is 62.8 Å². The van der Waals surface area contributed by atoms with Crippen molar-refractivity contribution in [2.45, 2.75) is 0 Å². The van der Waals surface area contributed by atoms with Crippen LogP contribution in [0.2, 0.25) is 5.02 Å². The second-order valence-corrected chi connectivity index (χ2v) is 5.09. The molecule has 2 rings (SSSR count). The first-order valence-corrected chi connectivity index (χ1v) is 6.53. The Labute approximate surface area is 123 Å². The lowest BCUT2D eigenvalue weighted by molar-refractivity contribution is 0.103. The number of halogens is 3. The summed E-state index contributed by atoms with van der Waals surface area (Å²) >= 11 is 8.94. The molecule has 0 unspecified atom stereocenters. The molecule has 0 aliphatic rings. The largest absolute Gasteiger partial charge is 0.496 e. The van der Waals surface area contributed by atoms with E-state index in [0.717, 1.165) is 0 Å². The highest BCUT2D eigenvalue weighted by molar-refractivity contribution is 9.10. The van der Waals surface area contributed by atoms with Crippen LogP contribution < -0.4 is 4.74 Å². The van der Waals surface area contributed by atoms with Gasteiger partial charge >= 0.3 is 0 Å². The molecule has 0 bridgehead atoms. The second-order valence-electron chi connectivity index (χ2n) is 3.80. The first-order chi connectivity index (χ1) is 9.02. The molecule has 0 aliphatic heterocycles. The van der Waals surface area contributed by atoms with Gasteiger partial charge in [-0.25, -0.2) is 4.39 Å². The van der Waals surface area contributed by atoms with Crippen LogP contribution in [0.4, 0.5) is 4.39 Å². The molecular weight excluding hydrogens is 335 g/mol. The van der Waals surface area contributed by atoms with E-state index in [9.17, 15) is 9.18 Å². The van der Waals surface area contributed by atoms with Crippen molar-refractivity contribution in [2.75, 3.05) is 7.11 Å². The average Bonchev–Trinajstić information content (AvgIpc) is 2.41. The minimum absolute atomic E-state index is 0.236. The molecule has 0 saturated carbocycles. The SMILES string of the molecule is COc1ccc(Cl)cc1C(=O)c1ccc(F)c(Br)c1. The fourth-order valence-electron chi connectivity index (χ4n) is 1.65. The lowest BCUT2D eigenvalue weighted by Crippen LogP contribution is -2.04. The van der Waals surface area contributed by atoms with E-state index < -0.39 is 5.82 Å². The zero-order chi connectivity index (χ0) is 14.0. The van der Waals surface area contributed by atoms with Crippen molar-refractivity contribution in [1.82, 2.24) is 0 Å². The van der Waals surface area contributed by atoms with Crippen LogP contribution >= 0.6 is 27.5 Å². The molecule has 5 heteroatoms. The van der Waals surface area contributed by atoms with Gasteiger partial charge in [0.2, 0.25) is 0 Å². The molecular formula is C14H9BrClFO2. The van der Waals surface area contributed by atoms with E-state index in [1.165, 1.54) is 31.4 Å². The zero-order valence-electron chi connectivity index (χ0n) is 9.91. The molecule has 0 spiro atoms. The molecule has 2 aromatic carbocycles. The molecule has 0 aromatic heterocycles. The molecule has 0 aliphatic carbocycles. The number of ketones is 1. The van der Waals surface area contributed by atoms with E-state index in [1.54, 1.807) is 12.1 Å². The van der Waals surface area contributed by atoms with Crippen molar-refractivity contribution in [1.29, 1.82) is 0 Å². The third-order valence-electron chi connectivity index (χ3n) is 2.59. The van der Waals surface area contributed by atoms with Gasteiger partial charge in [-0.3, -0.25) is 4.79 Å². The van der Waals surface area contributed by atoms with E-state index in [1.807, 2.05) is 0 Å². The maximum absolute atomic E-state index is 13.2. The number of hydrogen-bond donors (Lipinski definition) is 0. The van der Waals surface area contributed by atoms with Gasteiger partial charge in [0, 0.05) is 10.6 Å². The highest BCUT2D eigenvalue weighted by atomic mass is 79.9. The van der Waals surface area contributed by atoms with Gasteiger partial charge in [0.05, 0.1) is 17.1 Å². The van der Waals surface area contributed by atoms with Gasteiger partial charge in [0.15, 0.2) is 5.78 Å².